The average molecular weight is 317 g/mol. The molecule has 0 bridgehead atoms. The third kappa shape index (κ3) is 2.73. The number of benzene rings is 2. The Morgan fingerprint density at radius 2 is 1.50 bits per heavy atom. The molecular formula is C13H8BrF3O. The van der Waals surface area contributed by atoms with Gasteiger partial charge in [-0.25, -0.2) is 13.2 Å². The number of aliphatic hydroxyl groups is 1. The average Bonchev–Trinajstić information content (AvgIpc) is 2.30. The maximum Gasteiger partial charge on any atom is 0.137 e. The second-order valence-electron chi connectivity index (χ2n) is 3.78. The number of hydrogen-bond donors (Lipinski definition) is 1. The highest BCUT2D eigenvalue weighted by Gasteiger charge is 2.14. The molecule has 94 valence electrons. The van der Waals surface area contributed by atoms with Crippen LogP contribution in [0.2, 0.25) is 0 Å². The molecule has 0 fully saturated rings. The molecule has 0 aliphatic heterocycles. The zero-order chi connectivity index (χ0) is 13.3. The van der Waals surface area contributed by atoms with Gasteiger partial charge in [-0.2, -0.15) is 0 Å². The van der Waals surface area contributed by atoms with Crippen molar-refractivity contribution in [2.75, 3.05) is 0 Å². The summed E-state index contributed by atoms with van der Waals surface area (Å²) in [5, 5.41) is 9.94. The Balaban J connectivity index is 2.40. The van der Waals surface area contributed by atoms with E-state index in [0.29, 0.717) is 6.07 Å². The van der Waals surface area contributed by atoms with Gasteiger partial charge in [-0.3, -0.25) is 0 Å². The van der Waals surface area contributed by atoms with Gasteiger partial charge in [0.1, 0.15) is 23.6 Å². The molecule has 2 rings (SSSR count). The zero-order valence-electron chi connectivity index (χ0n) is 9.00. The molecule has 0 heterocycles. The van der Waals surface area contributed by atoms with E-state index in [1.165, 1.54) is 12.1 Å². The fourth-order valence-corrected chi connectivity index (χ4v) is 1.85. The Kier molecular flexibility index (Phi) is 3.73. The first kappa shape index (κ1) is 13.1. The molecule has 0 aromatic heterocycles. The molecule has 1 nitrogen and oxygen atoms in total. The largest absolute Gasteiger partial charge is 0.384 e. The molecule has 18 heavy (non-hydrogen) atoms. The van der Waals surface area contributed by atoms with Crippen molar-refractivity contribution in [3.05, 3.63) is 69.4 Å². The van der Waals surface area contributed by atoms with Crippen LogP contribution >= 0.6 is 15.9 Å². The normalized spacial score (nSPS) is 12.5. The molecule has 0 aliphatic rings. The molecule has 0 radical (unpaired) electrons. The molecule has 0 spiro atoms. The summed E-state index contributed by atoms with van der Waals surface area (Å²) in [5.74, 6) is -2.13. The molecule has 0 amide bonds. The van der Waals surface area contributed by atoms with Crippen molar-refractivity contribution in [2.24, 2.45) is 0 Å². The molecule has 2 aromatic rings. The summed E-state index contributed by atoms with van der Waals surface area (Å²) in [6.07, 6.45) is -1.28. The Bertz CT molecular complexity index is 566. The molecule has 0 saturated heterocycles. The van der Waals surface area contributed by atoms with Gasteiger partial charge in [0.15, 0.2) is 0 Å². The quantitative estimate of drug-likeness (QED) is 0.889. The fraction of sp³-hybridized carbons (Fsp3) is 0.0769. The molecule has 0 saturated carbocycles. The highest BCUT2D eigenvalue weighted by Crippen LogP contribution is 2.26. The van der Waals surface area contributed by atoms with Gasteiger partial charge in [-0.05, 0) is 51.3 Å². The predicted octanol–water partition coefficient (Wildman–Crippen LogP) is 3.95. The SMILES string of the molecule is OC(c1cc(F)cc(F)c1)c1ccc(Br)c(F)c1. The maximum absolute atomic E-state index is 13.3. The van der Waals surface area contributed by atoms with E-state index in [2.05, 4.69) is 15.9 Å². The first-order chi connectivity index (χ1) is 8.47. The van der Waals surface area contributed by atoms with E-state index in [1.54, 1.807) is 0 Å². The Hall–Kier alpha value is -1.33. The first-order valence-electron chi connectivity index (χ1n) is 5.06. The minimum atomic E-state index is -1.28. The standard InChI is InChI=1S/C13H8BrF3O/c14-11-2-1-7(5-12(11)17)13(18)8-3-9(15)6-10(16)4-8/h1-6,13,18H. The van der Waals surface area contributed by atoms with E-state index in [9.17, 15) is 18.3 Å². The molecule has 1 atom stereocenters. The molecule has 0 aliphatic carbocycles. The van der Waals surface area contributed by atoms with Crippen LogP contribution in [0, 0.1) is 17.5 Å². The van der Waals surface area contributed by atoms with Gasteiger partial charge < -0.3 is 5.11 Å². The van der Waals surface area contributed by atoms with Crippen LogP contribution in [0.15, 0.2) is 40.9 Å². The van der Waals surface area contributed by atoms with Crippen LogP contribution < -0.4 is 0 Å². The van der Waals surface area contributed by atoms with Crippen LogP contribution in [0.4, 0.5) is 13.2 Å². The molecular weight excluding hydrogens is 309 g/mol. The van der Waals surface area contributed by atoms with Gasteiger partial charge in [0.25, 0.3) is 0 Å². The van der Waals surface area contributed by atoms with Gasteiger partial charge in [-0.1, -0.05) is 6.07 Å². The van der Waals surface area contributed by atoms with Gasteiger partial charge in [0, 0.05) is 6.07 Å². The molecule has 5 heteroatoms. The van der Waals surface area contributed by atoms with Crippen LogP contribution in [0.25, 0.3) is 0 Å². The summed E-state index contributed by atoms with van der Waals surface area (Å²) in [7, 11) is 0. The molecule has 2 aromatic carbocycles. The number of aliphatic hydroxyl groups excluding tert-OH is 1. The van der Waals surface area contributed by atoms with Gasteiger partial charge in [0.05, 0.1) is 4.47 Å². The third-order valence-electron chi connectivity index (χ3n) is 2.46. The van der Waals surface area contributed by atoms with Crippen LogP contribution in [0.1, 0.15) is 17.2 Å². The Morgan fingerprint density at radius 1 is 0.889 bits per heavy atom. The number of hydrogen-bond acceptors (Lipinski definition) is 1. The van der Waals surface area contributed by atoms with Gasteiger partial charge in [-0.15, -0.1) is 0 Å². The highest BCUT2D eigenvalue weighted by molar-refractivity contribution is 9.10. The van der Waals surface area contributed by atoms with Crippen molar-refractivity contribution in [3.8, 4) is 0 Å². The van der Waals surface area contributed by atoms with Crippen molar-refractivity contribution < 1.29 is 18.3 Å². The van der Waals surface area contributed by atoms with E-state index in [1.807, 2.05) is 0 Å². The molecule has 1 unspecified atom stereocenters. The zero-order valence-corrected chi connectivity index (χ0v) is 10.6. The summed E-state index contributed by atoms with van der Waals surface area (Å²) in [5.41, 5.74) is 0.259. The molecule has 1 N–H and O–H groups in total. The summed E-state index contributed by atoms with van der Waals surface area (Å²) in [6.45, 7) is 0. The summed E-state index contributed by atoms with van der Waals surface area (Å²) >= 11 is 2.98. The lowest BCUT2D eigenvalue weighted by molar-refractivity contribution is 0.218. The van der Waals surface area contributed by atoms with E-state index in [4.69, 9.17) is 0 Å². The lowest BCUT2D eigenvalue weighted by Crippen LogP contribution is -2.01. The second kappa shape index (κ2) is 5.12. The van der Waals surface area contributed by atoms with Crippen LogP contribution in [-0.2, 0) is 0 Å². The minimum Gasteiger partial charge on any atom is -0.384 e. The highest BCUT2D eigenvalue weighted by atomic mass is 79.9. The summed E-state index contributed by atoms with van der Waals surface area (Å²) in [4.78, 5) is 0. The topological polar surface area (TPSA) is 20.2 Å². The van der Waals surface area contributed by atoms with Gasteiger partial charge in [0.2, 0.25) is 0 Å². The van der Waals surface area contributed by atoms with Gasteiger partial charge >= 0.3 is 0 Å². The summed E-state index contributed by atoms with van der Waals surface area (Å²) in [6, 6.07) is 6.72. The lowest BCUT2D eigenvalue weighted by atomic mass is 10.0. The van der Waals surface area contributed by atoms with Crippen molar-refractivity contribution in [3.63, 3.8) is 0 Å². The van der Waals surface area contributed by atoms with E-state index in [0.717, 1.165) is 18.2 Å². The lowest BCUT2D eigenvalue weighted by Gasteiger charge is -2.12. The van der Waals surface area contributed by atoms with Crippen LogP contribution in [-0.4, -0.2) is 5.11 Å². The first-order valence-corrected chi connectivity index (χ1v) is 5.85. The van der Waals surface area contributed by atoms with Crippen molar-refractivity contribution >= 4 is 15.9 Å². The van der Waals surface area contributed by atoms with E-state index >= 15 is 0 Å². The Labute approximate surface area is 110 Å². The van der Waals surface area contributed by atoms with Crippen molar-refractivity contribution in [1.29, 1.82) is 0 Å². The predicted molar refractivity (Wildman–Crippen MR) is 64.5 cm³/mol. The second-order valence-corrected chi connectivity index (χ2v) is 4.63. The third-order valence-corrected chi connectivity index (χ3v) is 3.10. The van der Waals surface area contributed by atoms with E-state index < -0.39 is 23.6 Å². The van der Waals surface area contributed by atoms with E-state index in [-0.39, 0.29) is 15.6 Å². The maximum atomic E-state index is 13.3. The Morgan fingerprint density at radius 3 is 2.06 bits per heavy atom. The van der Waals surface area contributed by atoms with Crippen molar-refractivity contribution in [2.45, 2.75) is 6.10 Å². The van der Waals surface area contributed by atoms with Crippen LogP contribution in [0.3, 0.4) is 0 Å². The van der Waals surface area contributed by atoms with Crippen molar-refractivity contribution in [1.82, 2.24) is 0 Å². The number of halogens is 4. The minimum absolute atomic E-state index is 0.0363. The number of rotatable bonds is 2. The fourth-order valence-electron chi connectivity index (χ4n) is 1.61. The smallest absolute Gasteiger partial charge is 0.137 e. The monoisotopic (exact) mass is 316 g/mol. The van der Waals surface area contributed by atoms with Crippen LogP contribution in [0.5, 0.6) is 0 Å². The summed E-state index contributed by atoms with van der Waals surface area (Å²) < 4.78 is 39.6.